The molecule has 3 aliphatic rings. The Hall–Kier alpha value is -2.19. The second-order valence-electron chi connectivity index (χ2n) is 6.76. The number of rotatable bonds is 9. The fraction of sp³-hybridized carbons (Fsp3) is 0.812. The van der Waals surface area contributed by atoms with Gasteiger partial charge in [-0.1, -0.05) is 0 Å². The molecule has 0 atom stereocenters. The van der Waals surface area contributed by atoms with E-state index >= 15 is 0 Å². The van der Waals surface area contributed by atoms with Gasteiger partial charge in [0.1, 0.15) is 0 Å². The van der Waals surface area contributed by atoms with Crippen molar-refractivity contribution in [3.63, 3.8) is 0 Å². The number of nitrogens with zero attached hydrogens (tertiary/aromatic N) is 4. The highest BCUT2D eigenvalue weighted by molar-refractivity contribution is 5.77. The minimum absolute atomic E-state index is 0.0322. The van der Waals surface area contributed by atoms with Crippen LogP contribution in [0, 0.1) is 0 Å². The van der Waals surface area contributed by atoms with E-state index in [-0.39, 0.29) is 18.1 Å². The fourth-order valence-corrected chi connectivity index (χ4v) is 3.52. The second-order valence-corrected chi connectivity index (χ2v) is 6.76. The maximum atomic E-state index is 12.4. The lowest BCUT2D eigenvalue weighted by Crippen LogP contribution is -2.39. The van der Waals surface area contributed by atoms with Crippen molar-refractivity contribution in [1.82, 2.24) is 30.2 Å². The lowest BCUT2D eigenvalue weighted by atomic mass is 10.2. The van der Waals surface area contributed by atoms with E-state index in [1.165, 1.54) is 0 Å². The van der Waals surface area contributed by atoms with Gasteiger partial charge in [-0.3, -0.25) is 0 Å². The summed E-state index contributed by atoms with van der Waals surface area (Å²) in [5.41, 5.74) is 0. The molecule has 0 aromatic heterocycles. The third kappa shape index (κ3) is 4.46. The molecule has 0 unspecified atom stereocenters. The molecule has 6 amide bonds. The Kier molecular flexibility index (Phi) is 5.83. The molecule has 140 valence electrons. The van der Waals surface area contributed by atoms with Crippen molar-refractivity contribution in [2.75, 3.05) is 65.4 Å². The first kappa shape index (κ1) is 17.6. The van der Waals surface area contributed by atoms with Crippen molar-refractivity contribution in [3.8, 4) is 0 Å². The Balaban J connectivity index is 1.28. The summed E-state index contributed by atoms with van der Waals surface area (Å²) in [5.74, 6) is 0. The minimum atomic E-state index is -0.0322. The van der Waals surface area contributed by atoms with Crippen molar-refractivity contribution >= 4 is 18.1 Å². The summed E-state index contributed by atoms with van der Waals surface area (Å²) in [5, 5.41) is 5.57. The first-order valence-corrected chi connectivity index (χ1v) is 9.24. The van der Waals surface area contributed by atoms with Crippen molar-refractivity contribution in [2.24, 2.45) is 0 Å². The van der Waals surface area contributed by atoms with Gasteiger partial charge in [0, 0.05) is 65.4 Å². The van der Waals surface area contributed by atoms with Crippen LogP contribution in [0.25, 0.3) is 0 Å². The van der Waals surface area contributed by atoms with E-state index in [0.717, 1.165) is 65.1 Å². The summed E-state index contributed by atoms with van der Waals surface area (Å²) in [4.78, 5) is 42.7. The number of hydrogen-bond acceptors (Lipinski definition) is 3. The Bertz CT molecular complexity index is 514. The van der Waals surface area contributed by atoms with Crippen LogP contribution in [-0.4, -0.2) is 103 Å². The first-order chi connectivity index (χ1) is 12.1. The molecule has 3 fully saturated rings. The molecule has 2 N–H and O–H groups in total. The highest BCUT2D eigenvalue weighted by Crippen LogP contribution is 2.11. The molecule has 0 aliphatic carbocycles. The Morgan fingerprint density at radius 2 is 1.08 bits per heavy atom. The van der Waals surface area contributed by atoms with Crippen LogP contribution < -0.4 is 10.6 Å². The molecule has 3 rings (SSSR count). The van der Waals surface area contributed by atoms with Crippen LogP contribution in [-0.2, 0) is 0 Å². The Labute approximate surface area is 148 Å². The topological polar surface area (TPSA) is 88.2 Å². The van der Waals surface area contributed by atoms with Gasteiger partial charge in [-0.25, -0.2) is 14.4 Å². The number of urea groups is 3. The summed E-state index contributed by atoms with van der Waals surface area (Å²) in [7, 11) is 0. The SMILES string of the molecule is O=C1NCCN1CCCCCN1CCN(CCN2CCNC2=O)C1=O. The van der Waals surface area contributed by atoms with Gasteiger partial charge in [-0.05, 0) is 19.3 Å². The van der Waals surface area contributed by atoms with Crippen LogP contribution in [0.3, 0.4) is 0 Å². The Morgan fingerprint density at radius 1 is 0.600 bits per heavy atom. The quantitative estimate of drug-likeness (QED) is 0.570. The first-order valence-electron chi connectivity index (χ1n) is 9.24. The zero-order valence-electron chi connectivity index (χ0n) is 14.7. The number of carbonyl (C=O) groups is 3. The number of unbranched alkanes of at least 4 members (excludes halogenated alkanes) is 2. The molecule has 25 heavy (non-hydrogen) atoms. The van der Waals surface area contributed by atoms with E-state index in [2.05, 4.69) is 10.6 Å². The van der Waals surface area contributed by atoms with E-state index in [1.54, 1.807) is 4.90 Å². The van der Waals surface area contributed by atoms with E-state index < -0.39 is 0 Å². The average molecular weight is 352 g/mol. The van der Waals surface area contributed by atoms with Crippen molar-refractivity contribution < 1.29 is 14.4 Å². The predicted molar refractivity (Wildman–Crippen MR) is 92.3 cm³/mol. The van der Waals surface area contributed by atoms with E-state index in [4.69, 9.17) is 0 Å². The number of hydrogen-bond donors (Lipinski definition) is 2. The van der Waals surface area contributed by atoms with Gasteiger partial charge in [-0.2, -0.15) is 0 Å². The third-order valence-electron chi connectivity index (χ3n) is 5.07. The van der Waals surface area contributed by atoms with E-state index in [1.807, 2.05) is 14.7 Å². The monoisotopic (exact) mass is 352 g/mol. The summed E-state index contributed by atoms with van der Waals surface area (Å²) in [6.07, 6.45) is 2.95. The molecule has 0 aromatic carbocycles. The van der Waals surface area contributed by atoms with Crippen LogP contribution in [0.1, 0.15) is 19.3 Å². The van der Waals surface area contributed by atoms with Crippen LogP contribution in [0.4, 0.5) is 14.4 Å². The van der Waals surface area contributed by atoms with Gasteiger partial charge >= 0.3 is 18.1 Å². The fourth-order valence-electron chi connectivity index (χ4n) is 3.52. The summed E-state index contributed by atoms with van der Waals surface area (Å²) < 4.78 is 0. The molecule has 3 heterocycles. The highest BCUT2D eigenvalue weighted by Gasteiger charge is 2.29. The zero-order valence-corrected chi connectivity index (χ0v) is 14.7. The molecule has 3 saturated heterocycles. The standard InChI is InChI=1S/C16H28N6O3/c23-14-17-4-8-19(14)6-2-1-3-7-21-12-13-22(16(21)25)11-10-20-9-5-18-15(20)24/h1-13H2,(H,17,23)(H,18,24). The number of carbonyl (C=O) groups excluding carboxylic acids is 3. The van der Waals surface area contributed by atoms with Crippen LogP contribution in [0.5, 0.6) is 0 Å². The van der Waals surface area contributed by atoms with Crippen molar-refractivity contribution in [1.29, 1.82) is 0 Å². The van der Waals surface area contributed by atoms with Gasteiger partial charge in [-0.15, -0.1) is 0 Å². The predicted octanol–water partition coefficient (Wildman–Crippen LogP) is -0.0553. The van der Waals surface area contributed by atoms with E-state index in [9.17, 15) is 14.4 Å². The normalized spacial score (nSPS) is 20.7. The summed E-state index contributed by atoms with van der Waals surface area (Å²) in [6, 6.07) is 0.0887. The van der Waals surface area contributed by atoms with Gasteiger partial charge in [0.15, 0.2) is 0 Å². The molecular weight excluding hydrogens is 324 g/mol. The van der Waals surface area contributed by atoms with Gasteiger partial charge in [0.05, 0.1) is 0 Å². The van der Waals surface area contributed by atoms with Gasteiger partial charge in [0.2, 0.25) is 0 Å². The molecular formula is C16H28N6O3. The number of nitrogens with one attached hydrogen (secondary N) is 2. The van der Waals surface area contributed by atoms with Crippen LogP contribution >= 0.6 is 0 Å². The molecule has 0 saturated carbocycles. The summed E-state index contributed by atoms with van der Waals surface area (Å²) >= 11 is 0. The Morgan fingerprint density at radius 3 is 1.64 bits per heavy atom. The van der Waals surface area contributed by atoms with Crippen LogP contribution in [0.15, 0.2) is 0 Å². The average Bonchev–Trinajstić information content (AvgIpc) is 3.28. The molecule has 0 aromatic rings. The second kappa shape index (κ2) is 8.26. The smallest absolute Gasteiger partial charge is 0.320 e. The van der Waals surface area contributed by atoms with E-state index in [0.29, 0.717) is 19.6 Å². The largest absolute Gasteiger partial charge is 0.336 e. The molecule has 0 spiro atoms. The van der Waals surface area contributed by atoms with Crippen LogP contribution in [0.2, 0.25) is 0 Å². The lowest BCUT2D eigenvalue weighted by Gasteiger charge is -2.21. The maximum Gasteiger partial charge on any atom is 0.320 e. The third-order valence-corrected chi connectivity index (χ3v) is 5.07. The molecule has 3 aliphatic heterocycles. The van der Waals surface area contributed by atoms with Crippen molar-refractivity contribution in [3.05, 3.63) is 0 Å². The van der Waals surface area contributed by atoms with Gasteiger partial charge < -0.3 is 30.2 Å². The number of amides is 6. The minimum Gasteiger partial charge on any atom is -0.336 e. The van der Waals surface area contributed by atoms with Crippen molar-refractivity contribution in [2.45, 2.75) is 19.3 Å². The molecule has 9 heteroatoms. The molecule has 0 bridgehead atoms. The molecule has 0 radical (unpaired) electrons. The summed E-state index contributed by atoms with van der Waals surface area (Å²) in [6.45, 7) is 7.23. The molecule has 9 nitrogen and oxygen atoms in total. The lowest BCUT2D eigenvalue weighted by molar-refractivity contribution is 0.183. The zero-order chi connectivity index (χ0) is 17.6. The maximum absolute atomic E-state index is 12.4. The highest BCUT2D eigenvalue weighted by atomic mass is 16.2. The van der Waals surface area contributed by atoms with Gasteiger partial charge in [0.25, 0.3) is 0 Å².